The van der Waals surface area contributed by atoms with Crippen molar-refractivity contribution >= 4 is 34.0 Å². The van der Waals surface area contributed by atoms with Crippen molar-refractivity contribution < 1.29 is 4.79 Å². The van der Waals surface area contributed by atoms with Gasteiger partial charge >= 0.3 is 0 Å². The molecule has 4 aliphatic carbocycles. The predicted octanol–water partition coefficient (Wildman–Crippen LogP) is 10.9. The van der Waals surface area contributed by atoms with Gasteiger partial charge in [-0.2, -0.15) is 0 Å². The van der Waals surface area contributed by atoms with Gasteiger partial charge in [0.1, 0.15) is 0 Å². The molecule has 0 spiro atoms. The van der Waals surface area contributed by atoms with Gasteiger partial charge in [0.25, 0.3) is 0 Å². The van der Waals surface area contributed by atoms with Crippen molar-refractivity contribution in [2.24, 2.45) is 57.2 Å². The molecule has 3 unspecified atom stereocenters. The van der Waals surface area contributed by atoms with Crippen molar-refractivity contribution in [2.45, 2.75) is 106 Å². The van der Waals surface area contributed by atoms with E-state index in [1.54, 1.807) is 0 Å². The van der Waals surface area contributed by atoms with Gasteiger partial charge < -0.3 is 4.79 Å². The third kappa shape index (κ3) is 5.11. The lowest BCUT2D eigenvalue weighted by molar-refractivity contribution is -0.188. The van der Waals surface area contributed by atoms with Gasteiger partial charge in [0.2, 0.25) is 5.42 Å². The minimum absolute atomic E-state index is 0.0508. The van der Waals surface area contributed by atoms with Gasteiger partial charge in [0, 0.05) is 6.42 Å². The zero-order valence-electron chi connectivity index (χ0n) is 31.8. The van der Waals surface area contributed by atoms with E-state index in [4.69, 9.17) is 6.57 Å². The molecule has 9 atom stereocenters. The van der Waals surface area contributed by atoms with Crippen molar-refractivity contribution in [3.8, 4) is 0 Å². The minimum Gasteiger partial charge on any atom is -0.308 e. The van der Waals surface area contributed by atoms with Crippen LogP contribution < -0.4 is 15.9 Å². The van der Waals surface area contributed by atoms with Crippen LogP contribution in [0.3, 0.4) is 0 Å². The quantitative estimate of drug-likeness (QED) is 0.179. The van der Waals surface area contributed by atoms with Crippen molar-refractivity contribution in [3.63, 3.8) is 0 Å². The molecule has 7 rings (SSSR count). The van der Waals surface area contributed by atoms with Crippen LogP contribution in [0.5, 0.6) is 0 Å². The first-order valence-electron chi connectivity index (χ1n) is 19.7. The van der Waals surface area contributed by atoms with Gasteiger partial charge in [-0.3, -0.25) is 0 Å². The molecular formula is C47H60NOP. The number of fused-ring (bicyclic) bond motifs is 5. The second kappa shape index (κ2) is 13.0. The molecular weight excluding hydrogens is 625 g/mol. The van der Waals surface area contributed by atoms with Crippen LogP contribution in [0, 0.1) is 63.7 Å². The average Bonchev–Trinajstić information content (AvgIpc) is 3.41. The lowest BCUT2D eigenvalue weighted by Crippen LogP contribution is -2.60. The van der Waals surface area contributed by atoms with Crippen molar-refractivity contribution in [2.75, 3.05) is 0 Å². The molecule has 0 saturated heterocycles. The second-order valence-electron chi connectivity index (χ2n) is 18.3. The molecule has 3 aromatic carbocycles. The monoisotopic (exact) mass is 685 g/mol. The van der Waals surface area contributed by atoms with Crippen molar-refractivity contribution in [1.29, 1.82) is 0 Å². The maximum atomic E-state index is 14.9. The van der Waals surface area contributed by atoms with E-state index in [2.05, 4.69) is 126 Å². The first-order chi connectivity index (χ1) is 23.9. The van der Waals surface area contributed by atoms with Crippen molar-refractivity contribution in [3.05, 3.63) is 102 Å². The Balaban J connectivity index is 1.24. The molecule has 264 valence electrons. The summed E-state index contributed by atoms with van der Waals surface area (Å²) in [6.07, 6.45) is 11.1. The SMILES string of the molecule is [C-]#[N+]C(C(=O)C[C@@H](C)[C@H]1CC[C@@]2(C)C3CCC4C(C)(C)[C@@H](C)CC[C@]4(C)C3CC[C@]12C)=P(c1ccccc1)(c1ccccc1)c1ccccc1. The average molecular weight is 686 g/mol. The number of benzene rings is 3. The number of carbonyl (C=O) groups is 1. The highest BCUT2D eigenvalue weighted by molar-refractivity contribution is 7.96. The summed E-state index contributed by atoms with van der Waals surface area (Å²) in [7, 11) is 0. The molecule has 50 heavy (non-hydrogen) atoms. The normalized spacial score (nSPS) is 35.1. The van der Waals surface area contributed by atoms with Crippen LogP contribution in [-0.4, -0.2) is 11.2 Å². The lowest BCUT2D eigenvalue weighted by atomic mass is 9.37. The second-order valence-corrected chi connectivity index (χ2v) is 21.7. The van der Waals surface area contributed by atoms with Crippen LogP contribution in [0.4, 0.5) is 0 Å². The highest BCUT2D eigenvalue weighted by Gasteiger charge is 2.67. The summed E-state index contributed by atoms with van der Waals surface area (Å²) in [5, 5.41) is 3.23. The molecule has 3 heteroatoms. The zero-order valence-corrected chi connectivity index (χ0v) is 32.7. The molecule has 0 aliphatic heterocycles. The number of ketones is 1. The zero-order chi connectivity index (χ0) is 35.5. The largest absolute Gasteiger partial charge is 0.308 e. The smallest absolute Gasteiger partial charge is 0.236 e. The van der Waals surface area contributed by atoms with E-state index < -0.39 is 6.89 Å². The van der Waals surface area contributed by atoms with Crippen LogP contribution in [0.1, 0.15) is 106 Å². The molecule has 0 bridgehead atoms. The van der Waals surface area contributed by atoms with E-state index in [0.717, 1.165) is 39.6 Å². The standard InChI is InChI=1S/C47H60NOP/c1-33(38-27-30-47(7)40-24-25-42-44(3,4)34(2)26-29-45(42,5)39(40)28-31-46(38,47)6)32-41(49)43(48-8)50(35-18-12-9-13-19-35,36-20-14-10-15-21-36)37-22-16-11-17-23-37/h9-23,33-34,38-40,42H,24-32H2,1-7H3/t33-,34+,38-,39?,40?,42?,45-,46-,47+/m1/s1. The Morgan fingerprint density at radius 1 is 0.720 bits per heavy atom. The van der Waals surface area contributed by atoms with Gasteiger partial charge in [0.15, 0.2) is 5.78 Å². The maximum absolute atomic E-state index is 14.9. The summed E-state index contributed by atoms with van der Waals surface area (Å²) >= 11 is 0. The van der Waals surface area contributed by atoms with Gasteiger partial charge in [-0.15, -0.1) is 0 Å². The number of nitrogens with zero attached hydrogens (tertiary/aromatic N) is 1. The lowest BCUT2D eigenvalue weighted by Gasteiger charge is -2.67. The Morgan fingerprint density at radius 2 is 1.24 bits per heavy atom. The number of hydrogen-bond acceptors (Lipinski definition) is 1. The number of hydrogen-bond donors (Lipinski definition) is 0. The fourth-order valence-electron chi connectivity index (χ4n) is 13.3. The number of rotatable bonds is 7. The third-order valence-corrected chi connectivity index (χ3v) is 20.6. The predicted molar refractivity (Wildman–Crippen MR) is 214 cm³/mol. The molecule has 0 amide bonds. The van der Waals surface area contributed by atoms with Crippen LogP contribution in [0.2, 0.25) is 0 Å². The van der Waals surface area contributed by atoms with E-state index >= 15 is 0 Å². The summed E-state index contributed by atoms with van der Waals surface area (Å²) in [6, 6.07) is 31.3. The van der Waals surface area contributed by atoms with E-state index in [1.807, 2.05) is 18.2 Å². The topological polar surface area (TPSA) is 21.4 Å². The molecule has 0 aromatic heterocycles. The van der Waals surface area contributed by atoms with Gasteiger partial charge in [0.05, 0.1) is 6.57 Å². The van der Waals surface area contributed by atoms with E-state index in [-0.39, 0.29) is 17.1 Å². The summed E-state index contributed by atoms with van der Waals surface area (Å²) in [5.41, 5.74) is 1.82. The Morgan fingerprint density at radius 3 is 1.76 bits per heavy atom. The third-order valence-electron chi connectivity index (χ3n) is 16.4. The molecule has 4 fully saturated rings. The molecule has 0 N–H and O–H groups in total. The molecule has 2 nitrogen and oxygen atoms in total. The fourth-order valence-corrected chi connectivity index (χ4v) is 17.4. The van der Waals surface area contributed by atoms with Gasteiger partial charge in [-0.05, 0) is 131 Å². The molecule has 4 saturated carbocycles. The van der Waals surface area contributed by atoms with E-state index in [1.165, 1.54) is 51.4 Å². The summed E-state index contributed by atoms with van der Waals surface area (Å²) in [6.45, 7) is 24.0. The Bertz CT molecular complexity index is 1700. The van der Waals surface area contributed by atoms with Gasteiger partial charge in [-0.1, -0.05) is 139 Å². The first kappa shape index (κ1) is 35.5. The summed E-state index contributed by atoms with van der Waals surface area (Å²) in [4.78, 5) is 19.2. The van der Waals surface area contributed by atoms with Crippen molar-refractivity contribution in [1.82, 2.24) is 0 Å². The molecule has 3 aromatic rings. The fraction of sp³-hybridized carbons (Fsp3) is 0.553. The highest BCUT2D eigenvalue weighted by Crippen LogP contribution is 2.75. The Labute approximate surface area is 303 Å². The Kier molecular flexibility index (Phi) is 9.21. The summed E-state index contributed by atoms with van der Waals surface area (Å²) in [5.74, 6) is 4.00. The van der Waals surface area contributed by atoms with Gasteiger partial charge in [-0.25, -0.2) is 4.85 Å². The van der Waals surface area contributed by atoms with E-state index in [9.17, 15) is 4.79 Å². The molecule has 4 aliphatic rings. The number of Topliss-reactive ketones (excluding diaryl/α,β-unsaturated/α-hetero) is 1. The van der Waals surface area contributed by atoms with Crippen LogP contribution >= 0.6 is 6.89 Å². The Hall–Kier alpha value is -2.88. The summed E-state index contributed by atoms with van der Waals surface area (Å²) < 4.78 is 0. The van der Waals surface area contributed by atoms with Crippen LogP contribution in [-0.2, 0) is 4.79 Å². The molecule has 0 radical (unpaired) electrons. The van der Waals surface area contributed by atoms with Crippen LogP contribution in [0.15, 0.2) is 91.0 Å². The van der Waals surface area contributed by atoms with Crippen LogP contribution in [0.25, 0.3) is 4.85 Å². The first-order valence-corrected chi connectivity index (χ1v) is 21.5. The van der Waals surface area contributed by atoms with E-state index in [0.29, 0.717) is 34.0 Å². The minimum atomic E-state index is -2.71. The highest BCUT2D eigenvalue weighted by atomic mass is 31.2. The molecule has 0 heterocycles. The maximum Gasteiger partial charge on any atom is 0.236 e. The number of carbonyl (C=O) groups excluding carboxylic acids is 1.